The van der Waals surface area contributed by atoms with Gasteiger partial charge in [0.1, 0.15) is 22.9 Å². The molecule has 0 spiro atoms. The highest BCUT2D eigenvalue weighted by Crippen LogP contribution is 2.40. The molecule has 2 fully saturated rings. The molecule has 5 aromatic rings. The number of nitrogens with zero attached hydrogens (tertiary/aromatic N) is 5. The lowest BCUT2D eigenvalue weighted by molar-refractivity contribution is 0.190. The van der Waals surface area contributed by atoms with Crippen molar-refractivity contribution < 1.29 is 0 Å². The number of hydrogen-bond acceptors (Lipinski definition) is 6. The molecule has 1 aliphatic heterocycles. The number of aromatic nitrogens is 4. The summed E-state index contributed by atoms with van der Waals surface area (Å²) >= 11 is 0. The maximum absolute atomic E-state index is 6.44. The quantitative estimate of drug-likeness (QED) is 0.346. The molecule has 2 aromatic carbocycles. The maximum Gasteiger partial charge on any atom is 0.150 e. The average Bonchev–Trinajstić information content (AvgIpc) is 3.32. The second-order valence-electron chi connectivity index (χ2n) is 10.9. The molecule has 1 saturated carbocycles. The van der Waals surface area contributed by atoms with Crippen LogP contribution in [-0.4, -0.2) is 56.5 Å². The number of imidazole rings is 1. The summed E-state index contributed by atoms with van der Waals surface area (Å²) < 4.78 is 2.16. The number of rotatable bonds is 5. The van der Waals surface area contributed by atoms with E-state index in [1.165, 1.54) is 25.9 Å². The number of nitrogens with one attached hydrogen (secondary N) is 1. The lowest BCUT2D eigenvalue weighted by Gasteiger charge is -2.40. The van der Waals surface area contributed by atoms with Gasteiger partial charge in [0.25, 0.3) is 0 Å². The first-order chi connectivity index (χ1) is 18.6. The molecule has 0 unspecified atom stereocenters. The molecule has 0 radical (unpaired) electrons. The van der Waals surface area contributed by atoms with Gasteiger partial charge in [-0.25, -0.2) is 15.0 Å². The zero-order chi connectivity index (χ0) is 25.6. The highest BCUT2D eigenvalue weighted by atomic mass is 15.1. The summed E-state index contributed by atoms with van der Waals surface area (Å²) in [5, 5.41) is 5.01. The molecular formula is C31H33N7. The minimum atomic E-state index is 0.407. The molecule has 3 N–H and O–H groups in total. The third-order valence-corrected chi connectivity index (χ3v) is 8.34. The minimum absolute atomic E-state index is 0.407. The first-order valence-corrected chi connectivity index (χ1v) is 13.7. The van der Waals surface area contributed by atoms with Crippen molar-refractivity contribution in [3.8, 4) is 22.5 Å². The van der Waals surface area contributed by atoms with Crippen molar-refractivity contribution in [1.29, 1.82) is 0 Å². The topological polar surface area (TPSA) is 84.4 Å². The lowest BCUT2D eigenvalue weighted by atomic mass is 9.79. The largest absolute Gasteiger partial charge is 0.382 e. The van der Waals surface area contributed by atoms with Crippen LogP contribution in [0.3, 0.4) is 0 Å². The number of benzene rings is 2. The third kappa shape index (κ3) is 4.22. The number of nitrogen functional groups attached to an aromatic ring is 1. The molecule has 0 bridgehead atoms. The van der Waals surface area contributed by atoms with Gasteiger partial charge in [0.2, 0.25) is 0 Å². The van der Waals surface area contributed by atoms with Gasteiger partial charge in [0.15, 0.2) is 0 Å². The predicted octanol–water partition coefficient (Wildman–Crippen LogP) is 5.12. The summed E-state index contributed by atoms with van der Waals surface area (Å²) in [6.45, 7) is 2.36. The summed E-state index contributed by atoms with van der Waals surface area (Å²) in [6, 6.07) is 22.1. The van der Waals surface area contributed by atoms with Crippen LogP contribution < -0.4 is 11.1 Å². The van der Waals surface area contributed by atoms with Gasteiger partial charge in [0, 0.05) is 46.9 Å². The number of pyridine rings is 1. The van der Waals surface area contributed by atoms with Crippen molar-refractivity contribution in [1.82, 2.24) is 29.6 Å². The first kappa shape index (κ1) is 23.3. The van der Waals surface area contributed by atoms with Crippen LogP contribution in [0.2, 0.25) is 0 Å². The van der Waals surface area contributed by atoms with Crippen molar-refractivity contribution >= 4 is 22.2 Å². The number of anilines is 1. The second-order valence-corrected chi connectivity index (χ2v) is 10.9. The first-order valence-electron chi connectivity index (χ1n) is 13.7. The summed E-state index contributed by atoms with van der Waals surface area (Å²) in [5.41, 5.74) is 12.2. The SMILES string of the molecule is CN1CCC(NC2CC(c3nc(-c4ccc5ccc(-c6ccccc6)nc5c4)c4c(N)nccn34)C2)CC1. The Labute approximate surface area is 222 Å². The molecular weight excluding hydrogens is 470 g/mol. The van der Waals surface area contributed by atoms with Crippen molar-refractivity contribution in [3.05, 3.63) is 78.9 Å². The minimum Gasteiger partial charge on any atom is -0.382 e. The van der Waals surface area contributed by atoms with E-state index in [1.807, 2.05) is 24.4 Å². The van der Waals surface area contributed by atoms with Crippen LogP contribution in [0.1, 0.15) is 37.4 Å². The van der Waals surface area contributed by atoms with Gasteiger partial charge in [-0.3, -0.25) is 4.40 Å². The molecule has 38 heavy (non-hydrogen) atoms. The molecule has 7 heteroatoms. The standard InChI is InChI=1S/C31H33N7/c1-37-14-11-24(12-15-37)34-25-17-23(18-25)31-36-28(29-30(32)33-13-16-38(29)31)22-8-7-21-9-10-26(35-27(21)19-22)20-5-3-2-4-6-20/h2-10,13,16,19,23-25,34H,11-12,14-15,17-18H2,1H3,(H2,32,33). The van der Waals surface area contributed by atoms with E-state index >= 15 is 0 Å². The molecule has 2 aliphatic rings. The Morgan fingerprint density at radius 3 is 2.50 bits per heavy atom. The Balaban J connectivity index is 1.20. The van der Waals surface area contributed by atoms with Gasteiger partial charge in [0.05, 0.1) is 11.2 Å². The van der Waals surface area contributed by atoms with E-state index in [4.69, 9.17) is 15.7 Å². The van der Waals surface area contributed by atoms with Gasteiger partial charge in [-0.1, -0.05) is 48.5 Å². The Morgan fingerprint density at radius 2 is 1.68 bits per heavy atom. The van der Waals surface area contributed by atoms with Crippen LogP contribution in [0.5, 0.6) is 0 Å². The summed E-state index contributed by atoms with van der Waals surface area (Å²) in [5.74, 6) is 1.99. The Morgan fingerprint density at radius 1 is 0.895 bits per heavy atom. The number of fused-ring (bicyclic) bond motifs is 2. The van der Waals surface area contributed by atoms with Gasteiger partial charge < -0.3 is 16.0 Å². The van der Waals surface area contributed by atoms with Crippen LogP contribution in [0.15, 0.2) is 73.1 Å². The van der Waals surface area contributed by atoms with E-state index in [2.05, 4.69) is 69.1 Å². The molecule has 7 nitrogen and oxygen atoms in total. The van der Waals surface area contributed by atoms with Crippen molar-refractivity contribution in [2.45, 2.75) is 43.7 Å². The molecule has 192 valence electrons. The van der Waals surface area contributed by atoms with Crippen LogP contribution in [0.25, 0.3) is 38.9 Å². The molecule has 1 saturated heterocycles. The van der Waals surface area contributed by atoms with E-state index in [9.17, 15) is 0 Å². The molecule has 3 aromatic heterocycles. The predicted molar refractivity (Wildman–Crippen MR) is 153 cm³/mol. The molecule has 1 aliphatic carbocycles. The highest BCUT2D eigenvalue weighted by molar-refractivity contribution is 5.91. The Kier molecular flexibility index (Phi) is 5.82. The van der Waals surface area contributed by atoms with Crippen molar-refractivity contribution in [3.63, 3.8) is 0 Å². The number of piperidine rings is 1. The third-order valence-electron chi connectivity index (χ3n) is 8.34. The van der Waals surface area contributed by atoms with Crippen LogP contribution in [0.4, 0.5) is 5.82 Å². The van der Waals surface area contributed by atoms with Crippen molar-refractivity contribution in [2.75, 3.05) is 25.9 Å². The highest BCUT2D eigenvalue weighted by Gasteiger charge is 2.35. The fourth-order valence-corrected chi connectivity index (χ4v) is 6.08. The van der Waals surface area contributed by atoms with E-state index in [-0.39, 0.29) is 0 Å². The number of nitrogens with two attached hydrogens (primary N) is 1. The van der Waals surface area contributed by atoms with Gasteiger partial charge >= 0.3 is 0 Å². The normalized spacial score (nSPS) is 20.7. The monoisotopic (exact) mass is 503 g/mol. The van der Waals surface area contributed by atoms with Crippen LogP contribution in [-0.2, 0) is 0 Å². The van der Waals surface area contributed by atoms with E-state index in [0.29, 0.717) is 23.8 Å². The Hall–Kier alpha value is -3.81. The average molecular weight is 504 g/mol. The Bertz CT molecular complexity index is 1600. The van der Waals surface area contributed by atoms with Crippen LogP contribution in [0, 0.1) is 0 Å². The van der Waals surface area contributed by atoms with E-state index in [1.54, 1.807) is 6.20 Å². The number of likely N-dealkylation sites (tertiary alicyclic amines) is 1. The van der Waals surface area contributed by atoms with E-state index in [0.717, 1.165) is 57.6 Å². The van der Waals surface area contributed by atoms with E-state index < -0.39 is 0 Å². The zero-order valence-corrected chi connectivity index (χ0v) is 21.7. The molecule has 0 amide bonds. The lowest BCUT2D eigenvalue weighted by Crippen LogP contribution is -2.49. The zero-order valence-electron chi connectivity index (χ0n) is 21.7. The second kappa shape index (κ2) is 9.49. The molecule has 4 heterocycles. The fourth-order valence-electron chi connectivity index (χ4n) is 6.08. The van der Waals surface area contributed by atoms with Crippen LogP contribution >= 0.6 is 0 Å². The van der Waals surface area contributed by atoms with Gasteiger partial charge in [-0.2, -0.15) is 0 Å². The van der Waals surface area contributed by atoms with Gasteiger partial charge in [-0.05, 0) is 58.0 Å². The smallest absolute Gasteiger partial charge is 0.150 e. The summed E-state index contributed by atoms with van der Waals surface area (Å²) in [7, 11) is 2.21. The summed E-state index contributed by atoms with van der Waals surface area (Å²) in [6.07, 6.45) is 8.46. The molecule has 7 rings (SSSR count). The maximum atomic E-state index is 6.44. The fraction of sp³-hybridized carbons (Fsp3) is 0.323. The number of hydrogen-bond donors (Lipinski definition) is 2. The summed E-state index contributed by atoms with van der Waals surface area (Å²) in [4.78, 5) is 17.0. The van der Waals surface area contributed by atoms with Gasteiger partial charge in [-0.15, -0.1) is 0 Å². The van der Waals surface area contributed by atoms with Crippen molar-refractivity contribution in [2.24, 2.45) is 0 Å². The molecule has 0 atom stereocenters.